The molecule has 0 aliphatic rings. The van der Waals surface area contributed by atoms with E-state index in [0.717, 1.165) is 11.1 Å². The summed E-state index contributed by atoms with van der Waals surface area (Å²) in [5, 5.41) is 5.62. The van der Waals surface area contributed by atoms with Gasteiger partial charge in [-0.25, -0.2) is 0 Å². The Balaban J connectivity index is 1.44. The van der Waals surface area contributed by atoms with Crippen molar-refractivity contribution in [1.82, 2.24) is 0 Å². The lowest BCUT2D eigenvalue weighted by molar-refractivity contribution is -0.111. The minimum absolute atomic E-state index is 0.299. The molecule has 40 heavy (non-hydrogen) atoms. The van der Waals surface area contributed by atoms with Crippen LogP contribution < -0.4 is 29.6 Å². The van der Waals surface area contributed by atoms with Crippen LogP contribution >= 0.6 is 0 Å². The Morgan fingerprint density at radius 2 is 1.27 bits per heavy atom. The molecule has 4 aromatic rings. The Labute approximate surface area is 233 Å². The number of methoxy groups -OCH3 is 3. The van der Waals surface area contributed by atoms with Crippen molar-refractivity contribution in [3.8, 4) is 23.0 Å². The molecule has 0 saturated carbocycles. The van der Waals surface area contributed by atoms with Crippen molar-refractivity contribution < 1.29 is 28.5 Å². The van der Waals surface area contributed by atoms with Gasteiger partial charge in [-0.3, -0.25) is 9.59 Å². The lowest BCUT2D eigenvalue weighted by Crippen LogP contribution is -2.14. The number of amides is 2. The average Bonchev–Trinajstić information content (AvgIpc) is 3.00. The molecule has 8 heteroatoms. The van der Waals surface area contributed by atoms with Crippen molar-refractivity contribution in [3.05, 3.63) is 114 Å². The number of carbonyl (C=O) groups is 2. The first kappa shape index (κ1) is 27.8. The Hall–Kier alpha value is -5.24. The van der Waals surface area contributed by atoms with Crippen molar-refractivity contribution in [3.63, 3.8) is 0 Å². The minimum Gasteiger partial charge on any atom is -0.494 e. The molecule has 2 amide bonds. The lowest BCUT2D eigenvalue weighted by Gasteiger charge is -2.16. The molecule has 8 nitrogen and oxygen atoms in total. The number of anilines is 2. The molecule has 0 atom stereocenters. The molecular formula is C32H30N2O6. The number of hydrogen-bond acceptors (Lipinski definition) is 6. The SMILES string of the molecule is COc1cc(NC(=O)c2ccccc2)c(OC)cc1NC(=O)/C=C/c1ccc(OCc2ccccc2)c(OC)c1. The Bertz CT molecular complexity index is 1490. The number of benzene rings is 4. The van der Waals surface area contributed by atoms with Gasteiger partial charge in [-0.2, -0.15) is 0 Å². The van der Waals surface area contributed by atoms with Crippen molar-refractivity contribution in [2.45, 2.75) is 6.61 Å². The molecular weight excluding hydrogens is 508 g/mol. The highest BCUT2D eigenvalue weighted by Crippen LogP contribution is 2.37. The fourth-order valence-electron chi connectivity index (χ4n) is 3.87. The van der Waals surface area contributed by atoms with Crippen molar-refractivity contribution in [2.24, 2.45) is 0 Å². The summed E-state index contributed by atoms with van der Waals surface area (Å²) in [6.45, 7) is 0.412. The Morgan fingerprint density at radius 1 is 0.675 bits per heavy atom. The number of hydrogen-bond donors (Lipinski definition) is 2. The first-order valence-corrected chi connectivity index (χ1v) is 12.5. The van der Waals surface area contributed by atoms with Gasteiger partial charge in [0.15, 0.2) is 11.5 Å². The third kappa shape index (κ3) is 7.20. The van der Waals surface area contributed by atoms with E-state index in [2.05, 4.69) is 10.6 Å². The Morgan fingerprint density at radius 3 is 1.90 bits per heavy atom. The Kier molecular flexibility index (Phi) is 9.39. The fraction of sp³-hybridized carbons (Fsp3) is 0.125. The van der Waals surface area contributed by atoms with Crippen LogP contribution in [-0.2, 0) is 11.4 Å². The maximum absolute atomic E-state index is 12.8. The van der Waals surface area contributed by atoms with Crippen LogP contribution in [0.15, 0.2) is 97.1 Å². The highest BCUT2D eigenvalue weighted by atomic mass is 16.5. The maximum Gasteiger partial charge on any atom is 0.255 e. The quantitative estimate of drug-likeness (QED) is 0.221. The predicted octanol–water partition coefficient (Wildman–Crippen LogP) is 6.20. The first-order chi connectivity index (χ1) is 19.5. The summed E-state index contributed by atoms with van der Waals surface area (Å²) in [7, 11) is 4.52. The molecule has 0 aromatic heterocycles. The normalized spacial score (nSPS) is 10.6. The van der Waals surface area contributed by atoms with Crippen LogP contribution in [-0.4, -0.2) is 33.1 Å². The van der Waals surface area contributed by atoms with Crippen LogP contribution in [0.4, 0.5) is 11.4 Å². The van der Waals surface area contributed by atoms with E-state index in [0.29, 0.717) is 46.5 Å². The smallest absolute Gasteiger partial charge is 0.255 e. The van der Waals surface area contributed by atoms with Crippen LogP contribution in [0.1, 0.15) is 21.5 Å². The maximum atomic E-state index is 12.8. The number of ether oxygens (including phenoxy) is 4. The number of carbonyl (C=O) groups excluding carboxylic acids is 2. The van der Waals surface area contributed by atoms with E-state index in [9.17, 15) is 9.59 Å². The topological polar surface area (TPSA) is 95.1 Å². The third-order valence-electron chi connectivity index (χ3n) is 5.92. The molecule has 0 aliphatic carbocycles. The monoisotopic (exact) mass is 538 g/mol. The largest absolute Gasteiger partial charge is 0.494 e. The third-order valence-corrected chi connectivity index (χ3v) is 5.92. The standard InChI is InChI=1S/C32H30N2O6/c1-37-28-20-26(34-32(36)24-12-8-5-9-13-24)29(38-2)19-25(28)33-31(35)17-15-22-14-16-27(30(18-22)39-3)40-21-23-10-6-4-7-11-23/h4-20H,21H2,1-3H3,(H,33,35)(H,34,36)/b17-15+. The highest BCUT2D eigenvalue weighted by Gasteiger charge is 2.16. The molecule has 0 saturated heterocycles. The van der Waals surface area contributed by atoms with Gasteiger partial charge in [-0.05, 0) is 41.5 Å². The van der Waals surface area contributed by atoms with E-state index in [1.807, 2.05) is 42.5 Å². The summed E-state index contributed by atoms with van der Waals surface area (Å²) in [5.74, 6) is 1.19. The summed E-state index contributed by atoms with van der Waals surface area (Å²) in [4.78, 5) is 25.4. The lowest BCUT2D eigenvalue weighted by atomic mass is 10.1. The predicted molar refractivity (Wildman–Crippen MR) is 155 cm³/mol. The second kappa shape index (κ2) is 13.5. The van der Waals surface area contributed by atoms with Gasteiger partial charge in [-0.15, -0.1) is 0 Å². The zero-order valence-corrected chi connectivity index (χ0v) is 22.5. The molecule has 0 radical (unpaired) electrons. The van der Waals surface area contributed by atoms with Gasteiger partial charge in [0.1, 0.15) is 18.1 Å². The van der Waals surface area contributed by atoms with Gasteiger partial charge in [0, 0.05) is 23.8 Å². The molecule has 0 fully saturated rings. The minimum atomic E-state index is -0.384. The van der Waals surface area contributed by atoms with Crippen LogP contribution in [0.2, 0.25) is 0 Å². The van der Waals surface area contributed by atoms with Crippen LogP contribution in [0.25, 0.3) is 6.08 Å². The van der Waals surface area contributed by atoms with Gasteiger partial charge >= 0.3 is 0 Å². The zero-order chi connectivity index (χ0) is 28.3. The summed E-state index contributed by atoms with van der Waals surface area (Å²) < 4.78 is 22.3. The zero-order valence-electron chi connectivity index (χ0n) is 22.5. The van der Waals surface area contributed by atoms with E-state index in [1.165, 1.54) is 20.3 Å². The van der Waals surface area contributed by atoms with Crippen LogP contribution in [0.3, 0.4) is 0 Å². The summed E-state index contributed by atoms with van der Waals surface area (Å²) >= 11 is 0. The molecule has 0 heterocycles. The van der Waals surface area contributed by atoms with Crippen LogP contribution in [0, 0.1) is 0 Å². The molecule has 4 aromatic carbocycles. The van der Waals surface area contributed by atoms with E-state index < -0.39 is 0 Å². The fourth-order valence-corrected chi connectivity index (χ4v) is 3.87. The summed E-state index contributed by atoms with van der Waals surface area (Å²) in [6.07, 6.45) is 3.06. The van der Waals surface area contributed by atoms with E-state index >= 15 is 0 Å². The van der Waals surface area contributed by atoms with Crippen molar-refractivity contribution >= 4 is 29.3 Å². The van der Waals surface area contributed by atoms with E-state index in [4.69, 9.17) is 18.9 Å². The summed E-state index contributed by atoms with van der Waals surface area (Å²) in [5.41, 5.74) is 3.09. The molecule has 0 aliphatic heterocycles. The van der Waals surface area contributed by atoms with Gasteiger partial charge in [0.2, 0.25) is 5.91 Å². The van der Waals surface area contributed by atoms with Gasteiger partial charge < -0.3 is 29.6 Å². The van der Waals surface area contributed by atoms with Crippen molar-refractivity contribution in [2.75, 3.05) is 32.0 Å². The van der Waals surface area contributed by atoms with Crippen molar-refractivity contribution in [1.29, 1.82) is 0 Å². The molecule has 204 valence electrons. The van der Waals surface area contributed by atoms with Gasteiger partial charge in [-0.1, -0.05) is 54.6 Å². The second-order valence-corrected chi connectivity index (χ2v) is 8.58. The molecule has 0 bridgehead atoms. The van der Waals surface area contributed by atoms with Gasteiger partial charge in [0.25, 0.3) is 5.91 Å². The highest BCUT2D eigenvalue weighted by molar-refractivity contribution is 6.06. The van der Waals surface area contributed by atoms with Crippen LogP contribution in [0.5, 0.6) is 23.0 Å². The average molecular weight is 539 g/mol. The number of nitrogens with one attached hydrogen (secondary N) is 2. The second-order valence-electron chi connectivity index (χ2n) is 8.58. The molecule has 0 unspecified atom stereocenters. The molecule has 4 rings (SSSR count). The first-order valence-electron chi connectivity index (χ1n) is 12.5. The summed E-state index contributed by atoms with van der Waals surface area (Å²) in [6, 6.07) is 27.3. The van der Waals surface area contributed by atoms with E-state index in [1.54, 1.807) is 61.7 Å². The molecule has 2 N–H and O–H groups in total. The van der Waals surface area contributed by atoms with E-state index in [-0.39, 0.29) is 11.8 Å². The molecule has 0 spiro atoms. The van der Waals surface area contributed by atoms with Gasteiger partial charge in [0.05, 0.1) is 32.7 Å². The number of rotatable bonds is 11.